The number of aromatic nitrogens is 3. The van der Waals surface area contributed by atoms with E-state index in [1.165, 1.54) is 60.4 Å². The minimum Gasteiger partial charge on any atom is -0.309 e. The second-order valence-electron chi connectivity index (χ2n) is 16.3. The second kappa shape index (κ2) is 15.7. The number of hydrogen-bond donors (Lipinski definition) is 0. The van der Waals surface area contributed by atoms with Crippen LogP contribution in [0.2, 0.25) is 0 Å². The summed E-state index contributed by atoms with van der Waals surface area (Å²) < 4.78 is 4.52. The van der Waals surface area contributed by atoms with E-state index in [0.717, 1.165) is 50.6 Å². The van der Waals surface area contributed by atoms with Gasteiger partial charge in [-0.25, -0.2) is 4.68 Å². The lowest BCUT2D eigenvalue weighted by molar-refractivity contribution is 0.892. The quantitative estimate of drug-likeness (QED) is 0.150. The van der Waals surface area contributed by atoms with Crippen LogP contribution >= 0.6 is 0 Å². The minimum atomic E-state index is 0.949. The van der Waals surface area contributed by atoms with Crippen LogP contribution in [0.25, 0.3) is 111 Å². The molecule has 0 bridgehead atoms. The Balaban J connectivity index is 0.987. The van der Waals surface area contributed by atoms with Crippen LogP contribution in [0.5, 0.6) is 0 Å². The molecular weight excluding hydrogens is 775 g/mol. The lowest BCUT2D eigenvalue weighted by atomic mass is 9.89. The maximum Gasteiger partial charge on any atom is 0.101 e. The van der Waals surface area contributed by atoms with Crippen molar-refractivity contribution in [3.63, 3.8) is 0 Å². The Hall–Kier alpha value is -8.53. The average molecular weight is 816 g/mol. The fraction of sp³-hybridized carbons (Fsp3) is 0. The smallest absolute Gasteiger partial charge is 0.101 e. The van der Waals surface area contributed by atoms with Gasteiger partial charge in [0.15, 0.2) is 0 Å². The van der Waals surface area contributed by atoms with Crippen molar-refractivity contribution in [2.24, 2.45) is 0 Å². The molecule has 0 N–H and O–H groups in total. The highest BCUT2D eigenvalue weighted by Gasteiger charge is 2.25. The number of hydrogen-bond acceptors (Lipinski definition) is 1. The number of fused-ring (bicyclic) bond motifs is 4. The largest absolute Gasteiger partial charge is 0.309 e. The highest BCUT2D eigenvalue weighted by molar-refractivity contribution is 6.11. The molecule has 300 valence electrons. The second-order valence-corrected chi connectivity index (χ2v) is 16.3. The van der Waals surface area contributed by atoms with Crippen molar-refractivity contribution in [1.29, 1.82) is 0 Å². The van der Waals surface area contributed by atoms with E-state index in [4.69, 9.17) is 5.10 Å². The first kappa shape index (κ1) is 37.2. The third-order valence-corrected chi connectivity index (χ3v) is 12.6. The molecule has 0 fully saturated rings. The van der Waals surface area contributed by atoms with Crippen LogP contribution in [0, 0.1) is 0 Å². The maximum absolute atomic E-state index is 5.50. The minimum absolute atomic E-state index is 0.949. The van der Waals surface area contributed by atoms with Gasteiger partial charge in [0.05, 0.1) is 22.4 Å². The van der Waals surface area contributed by atoms with E-state index in [-0.39, 0.29) is 0 Å². The topological polar surface area (TPSA) is 22.8 Å². The molecule has 0 atom stereocenters. The molecular formula is C61H41N3. The average Bonchev–Trinajstić information content (AvgIpc) is 3.94. The normalized spacial score (nSPS) is 11.4. The summed E-state index contributed by atoms with van der Waals surface area (Å²) in [6.45, 7) is 0. The van der Waals surface area contributed by atoms with E-state index in [2.05, 4.69) is 258 Å². The van der Waals surface area contributed by atoms with Crippen LogP contribution in [0.15, 0.2) is 249 Å². The Morgan fingerprint density at radius 1 is 0.297 bits per heavy atom. The summed E-state index contributed by atoms with van der Waals surface area (Å²) in [7, 11) is 0. The Morgan fingerprint density at radius 2 is 0.812 bits per heavy atom. The Labute approximate surface area is 372 Å². The standard InChI is InChI=1S/C61H41N3/c1-4-20-44(21-5-1)60-59(55-33-18-24-42-19-10-11-28-50(42)55)61(45-22-6-2-7-23-45)64(62-60)48-38-35-43(36-39-48)49-27-12-14-30-52(49)53-31-15-13-29-51(53)46-37-40-58-56(41-46)54-32-16-17-34-57(54)63(58)47-25-8-3-9-26-47/h1-41H. The van der Waals surface area contributed by atoms with Gasteiger partial charge in [0.25, 0.3) is 0 Å². The van der Waals surface area contributed by atoms with Gasteiger partial charge in [0.1, 0.15) is 5.69 Å². The first-order valence-corrected chi connectivity index (χ1v) is 21.9. The van der Waals surface area contributed by atoms with Gasteiger partial charge >= 0.3 is 0 Å². The lowest BCUT2D eigenvalue weighted by Crippen LogP contribution is -2.00. The van der Waals surface area contributed by atoms with Gasteiger partial charge in [-0.3, -0.25) is 0 Å². The third kappa shape index (κ3) is 6.33. The number of benzene rings is 10. The monoisotopic (exact) mass is 815 g/mol. The van der Waals surface area contributed by atoms with Crippen molar-refractivity contribution >= 4 is 32.6 Å². The van der Waals surface area contributed by atoms with E-state index in [9.17, 15) is 0 Å². The maximum atomic E-state index is 5.50. The zero-order valence-corrected chi connectivity index (χ0v) is 35.0. The van der Waals surface area contributed by atoms with Gasteiger partial charge in [-0.1, -0.05) is 206 Å². The van der Waals surface area contributed by atoms with Crippen molar-refractivity contribution in [1.82, 2.24) is 14.3 Å². The molecule has 0 unspecified atom stereocenters. The molecule has 2 heterocycles. The summed E-state index contributed by atoms with van der Waals surface area (Å²) in [5.41, 5.74) is 18.1. The van der Waals surface area contributed by atoms with Crippen LogP contribution in [0.4, 0.5) is 0 Å². The molecule has 10 aromatic carbocycles. The summed E-state index contributed by atoms with van der Waals surface area (Å²) in [6.07, 6.45) is 0. The highest BCUT2D eigenvalue weighted by Crippen LogP contribution is 2.45. The van der Waals surface area contributed by atoms with E-state index < -0.39 is 0 Å². The van der Waals surface area contributed by atoms with Crippen molar-refractivity contribution < 1.29 is 0 Å². The van der Waals surface area contributed by atoms with Crippen LogP contribution < -0.4 is 0 Å². The lowest BCUT2D eigenvalue weighted by Gasteiger charge is -2.16. The highest BCUT2D eigenvalue weighted by atomic mass is 15.3. The van der Waals surface area contributed by atoms with E-state index in [0.29, 0.717) is 0 Å². The summed E-state index contributed by atoms with van der Waals surface area (Å²) in [5, 5.41) is 10.4. The summed E-state index contributed by atoms with van der Waals surface area (Å²) in [6, 6.07) is 89.3. The molecule has 0 radical (unpaired) electrons. The van der Waals surface area contributed by atoms with Crippen molar-refractivity contribution in [2.45, 2.75) is 0 Å². The zero-order chi connectivity index (χ0) is 42.4. The molecule has 64 heavy (non-hydrogen) atoms. The van der Waals surface area contributed by atoms with Crippen LogP contribution in [0.3, 0.4) is 0 Å². The fourth-order valence-electron chi connectivity index (χ4n) is 9.68. The van der Waals surface area contributed by atoms with Gasteiger partial charge in [-0.2, -0.15) is 5.10 Å². The van der Waals surface area contributed by atoms with E-state index >= 15 is 0 Å². The number of para-hydroxylation sites is 2. The first-order chi connectivity index (χ1) is 31.8. The van der Waals surface area contributed by atoms with Crippen LogP contribution in [-0.2, 0) is 0 Å². The SMILES string of the molecule is c1ccc(-c2nn(-c3ccc(-c4ccccc4-c4ccccc4-c4ccc5c(c4)c4ccccc4n5-c4ccccc4)cc3)c(-c3ccccc3)c2-c2cccc3ccccc23)cc1. The van der Waals surface area contributed by atoms with Gasteiger partial charge in [-0.15, -0.1) is 0 Å². The molecule has 0 amide bonds. The predicted octanol–water partition coefficient (Wildman–Crippen LogP) is 16.1. The zero-order valence-electron chi connectivity index (χ0n) is 35.0. The molecule has 0 saturated carbocycles. The molecule has 3 heteroatoms. The molecule has 12 aromatic rings. The molecule has 0 spiro atoms. The Bertz CT molecular complexity index is 3630. The summed E-state index contributed by atoms with van der Waals surface area (Å²) in [4.78, 5) is 0. The van der Waals surface area contributed by atoms with Crippen LogP contribution in [0.1, 0.15) is 0 Å². The molecule has 0 aliphatic rings. The number of rotatable bonds is 8. The van der Waals surface area contributed by atoms with E-state index in [1.54, 1.807) is 0 Å². The summed E-state index contributed by atoms with van der Waals surface area (Å²) >= 11 is 0. The molecule has 2 aromatic heterocycles. The first-order valence-electron chi connectivity index (χ1n) is 21.9. The molecule has 0 aliphatic heterocycles. The Kier molecular flexibility index (Phi) is 9.16. The summed E-state index contributed by atoms with van der Waals surface area (Å²) in [5.74, 6) is 0. The van der Waals surface area contributed by atoms with Gasteiger partial charge in [0.2, 0.25) is 0 Å². The van der Waals surface area contributed by atoms with Crippen molar-refractivity contribution in [2.75, 3.05) is 0 Å². The number of nitrogens with zero attached hydrogens (tertiary/aromatic N) is 3. The van der Waals surface area contributed by atoms with Gasteiger partial charge < -0.3 is 4.57 Å². The third-order valence-electron chi connectivity index (χ3n) is 12.6. The van der Waals surface area contributed by atoms with Gasteiger partial charge in [-0.05, 0) is 92.2 Å². The van der Waals surface area contributed by atoms with Crippen LogP contribution in [-0.4, -0.2) is 14.3 Å². The van der Waals surface area contributed by atoms with Crippen molar-refractivity contribution in [3.8, 4) is 78.4 Å². The molecule has 0 saturated heterocycles. The molecule has 0 aliphatic carbocycles. The molecule has 3 nitrogen and oxygen atoms in total. The van der Waals surface area contributed by atoms with Crippen molar-refractivity contribution in [3.05, 3.63) is 249 Å². The van der Waals surface area contributed by atoms with E-state index in [1.807, 2.05) is 0 Å². The predicted molar refractivity (Wildman–Crippen MR) is 268 cm³/mol. The molecule has 12 rings (SSSR count). The van der Waals surface area contributed by atoms with Gasteiger partial charge in [0, 0.05) is 33.2 Å². The Morgan fingerprint density at radius 3 is 1.53 bits per heavy atom. The fourth-order valence-corrected chi connectivity index (χ4v) is 9.68.